The number of rotatable bonds is 8. The lowest BCUT2D eigenvalue weighted by Gasteiger charge is -2.32. The lowest BCUT2D eigenvalue weighted by atomic mass is 9.82. The van der Waals surface area contributed by atoms with Crippen molar-refractivity contribution >= 4 is 22.0 Å². The molecule has 2 fully saturated rings. The lowest BCUT2D eigenvalue weighted by molar-refractivity contribution is -0.125. The molecule has 5 unspecified atom stereocenters. The van der Waals surface area contributed by atoms with Gasteiger partial charge in [0.25, 0.3) is 0 Å². The smallest absolute Gasteiger partial charge is 0.224 e. The van der Waals surface area contributed by atoms with Crippen LogP contribution >= 0.6 is 0 Å². The highest BCUT2D eigenvalue weighted by atomic mass is 32.3. The Hall–Kier alpha value is -1.21. The van der Waals surface area contributed by atoms with Crippen LogP contribution in [0.3, 0.4) is 0 Å². The predicted molar refractivity (Wildman–Crippen MR) is 123 cm³/mol. The van der Waals surface area contributed by atoms with Gasteiger partial charge in [-0.05, 0) is 50.9 Å². The van der Waals surface area contributed by atoms with E-state index in [-0.39, 0.29) is 54.0 Å². The summed E-state index contributed by atoms with van der Waals surface area (Å²) in [5.74, 6) is -0.163. The summed E-state index contributed by atoms with van der Waals surface area (Å²) in [5, 5.41) is 6.26. The first kappa shape index (κ1) is 24.4. The molecule has 3 rings (SSSR count). The van der Waals surface area contributed by atoms with Crippen LogP contribution in [0.1, 0.15) is 90.9 Å². The van der Waals surface area contributed by atoms with Gasteiger partial charge in [0.15, 0.2) is 0 Å². The average molecular weight is 453 g/mol. The maximum atomic E-state index is 12.8. The van der Waals surface area contributed by atoms with Crippen LogP contribution in [0.4, 0.5) is 0 Å². The largest absolute Gasteiger partial charge is 0.615 e. The van der Waals surface area contributed by atoms with E-state index in [0.29, 0.717) is 5.92 Å². The van der Waals surface area contributed by atoms with Gasteiger partial charge in [-0.15, -0.1) is 4.21 Å². The normalized spacial score (nSPS) is 33.9. The standard InChI is InChI=1S/C24H40N2O4S/c1-3-17-9-5-7-11-21(17)25-23(27)13-19-15-31(29,30)16-20(19)14-24(28)26-22-12-8-6-10-18(22)4-2/h17,19-21H,3-16H2,1-2H3,(H2-,25,26,27,28,29,30). The highest BCUT2D eigenvalue weighted by molar-refractivity contribution is 7.97. The van der Waals surface area contributed by atoms with Crippen molar-refractivity contribution in [3.8, 4) is 0 Å². The van der Waals surface area contributed by atoms with Gasteiger partial charge in [0.1, 0.15) is 11.5 Å². The van der Waals surface area contributed by atoms with Gasteiger partial charge in [-0.2, -0.15) is 0 Å². The Morgan fingerprint density at radius 1 is 0.935 bits per heavy atom. The van der Waals surface area contributed by atoms with Crippen LogP contribution in [0, 0.1) is 17.8 Å². The minimum absolute atomic E-state index is 0.0130. The zero-order valence-corrected chi connectivity index (χ0v) is 20.1. The fourth-order valence-electron chi connectivity index (χ4n) is 5.80. The number of amides is 2. The molecule has 2 amide bonds. The monoisotopic (exact) mass is 452 g/mol. The molecule has 7 heteroatoms. The van der Waals surface area contributed by atoms with E-state index in [1.54, 1.807) is 0 Å². The molecule has 3 aliphatic rings. The molecule has 1 aliphatic heterocycles. The summed E-state index contributed by atoms with van der Waals surface area (Å²) >= 11 is 0. The first-order valence-electron chi connectivity index (χ1n) is 12.3. The third-order valence-corrected chi connectivity index (χ3v) is 9.45. The zero-order valence-electron chi connectivity index (χ0n) is 19.3. The summed E-state index contributed by atoms with van der Waals surface area (Å²) in [6.07, 6.45) is 11.1. The number of hydrogen-bond donors (Lipinski definition) is 2. The molecular formula is C24H40N2O4S. The topological polar surface area (TPSA) is 98.3 Å². The minimum atomic E-state index is -3.20. The average Bonchev–Trinajstić information content (AvgIpc) is 3.01. The molecule has 0 aromatic carbocycles. The van der Waals surface area contributed by atoms with Crippen molar-refractivity contribution in [2.24, 2.45) is 17.8 Å². The van der Waals surface area contributed by atoms with Gasteiger partial charge >= 0.3 is 0 Å². The molecule has 0 spiro atoms. The van der Waals surface area contributed by atoms with Crippen molar-refractivity contribution in [2.45, 2.75) is 96.9 Å². The van der Waals surface area contributed by atoms with Gasteiger partial charge in [-0.25, -0.2) is 0 Å². The van der Waals surface area contributed by atoms with E-state index in [1.165, 1.54) is 18.4 Å². The molecule has 2 N–H and O–H groups in total. The Morgan fingerprint density at radius 3 is 2.26 bits per heavy atom. The van der Waals surface area contributed by atoms with E-state index in [2.05, 4.69) is 24.5 Å². The molecule has 31 heavy (non-hydrogen) atoms. The van der Waals surface area contributed by atoms with Crippen LogP contribution in [0.2, 0.25) is 0 Å². The SMILES string of the molecule is CCC1=C(NC(=O)CC2C[S+](=O)([O-])CC2CC(=O)NC2CCCCC2CC)CCCC1. The van der Waals surface area contributed by atoms with E-state index in [4.69, 9.17) is 0 Å². The molecule has 2 aliphatic carbocycles. The van der Waals surface area contributed by atoms with E-state index < -0.39 is 10.2 Å². The molecule has 5 atom stereocenters. The second-order valence-corrected chi connectivity index (χ2v) is 12.0. The Bertz CT molecular complexity index is 735. The predicted octanol–water partition coefficient (Wildman–Crippen LogP) is 4.08. The van der Waals surface area contributed by atoms with Crippen LogP contribution < -0.4 is 10.6 Å². The number of allylic oxidation sites excluding steroid dienone is 2. The summed E-state index contributed by atoms with van der Waals surface area (Å²) in [7, 11) is -3.20. The number of hydrogen-bond acceptors (Lipinski definition) is 4. The maximum Gasteiger partial charge on any atom is 0.224 e. The van der Waals surface area contributed by atoms with Crippen LogP contribution in [-0.2, 0) is 24.0 Å². The molecule has 1 heterocycles. The molecule has 0 aromatic heterocycles. The van der Waals surface area contributed by atoms with Crippen LogP contribution in [0.15, 0.2) is 11.3 Å². The molecule has 0 aromatic rings. The fraction of sp³-hybridized carbons (Fsp3) is 0.833. The molecule has 1 saturated heterocycles. The Labute approximate surface area is 188 Å². The third kappa shape index (κ3) is 6.88. The molecule has 1 saturated carbocycles. The molecule has 176 valence electrons. The van der Waals surface area contributed by atoms with E-state index in [0.717, 1.165) is 57.1 Å². The molecular weight excluding hydrogens is 412 g/mol. The minimum Gasteiger partial charge on any atom is -0.615 e. The van der Waals surface area contributed by atoms with Crippen LogP contribution in [0.5, 0.6) is 0 Å². The molecule has 0 radical (unpaired) electrons. The van der Waals surface area contributed by atoms with Crippen molar-refractivity contribution < 1.29 is 18.4 Å². The second-order valence-electron chi connectivity index (χ2n) is 9.82. The highest BCUT2D eigenvalue weighted by Gasteiger charge is 2.43. The van der Waals surface area contributed by atoms with Crippen molar-refractivity contribution in [1.29, 1.82) is 0 Å². The summed E-state index contributed by atoms with van der Waals surface area (Å²) in [6.45, 7) is 4.28. The van der Waals surface area contributed by atoms with Crippen molar-refractivity contribution in [2.75, 3.05) is 11.5 Å². The fourth-order valence-corrected chi connectivity index (χ4v) is 8.02. The Morgan fingerprint density at radius 2 is 1.58 bits per heavy atom. The second kappa shape index (κ2) is 11.1. The van der Waals surface area contributed by atoms with E-state index >= 15 is 0 Å². The quantitative estimate of drug-likeness (QED) is 0.542. The third-order valence-electron chi connectivity index (χ3n) is 7.58. The van der Waals surface area contributed by atoms with Crippen LogP contribution in [-0.4, -0.2) is 33.9 Å². The molecule has 6 nitrogen and oxygen atoms in total. The van der Waals surface area contributed by atoms with Gasteiger partial charge in [0, 0.05) is 46.6 Å². The van der Waals surface area contributed by atoms with Crippen LogP contribution in [0.25, 0.3) is 0 Å². The van der Waals surface area contributed by atoms with Gasteiger partial charge < -0.3 is 15.2 Å². The number of sulfone groups is 1. The number of carbonyl (C=O) groups excluding carboxylic acids is 2. The first-order valence-corrected chi connectivity index (χ1v) is 14.1. The Balaban J connectivity index is 1.57. The van der Waals surface area contributed by atoms with Crippen molar-refractivity contribution in [3.05, 3.63) is 11.3 Å². The summed E-state index contributed by atoms with van der Waals surface area (Å²) in [4.78, 5) is 25.5. The van der Waals surface area contributed by atoms with Gasteiger partial charge in [-0.3, -0.25) is 9.59 Å². The van der Waals surface area contributed by atoms with Crippen molar-refractivity contribution in [1.82, 2.24) is 10.6 Å². The summed E-state index contributed by atoms with van der Waals surface area (Å²) in [5.41, 5.74) is 2.35. The number of nitrogens with one attached hydrogen (secondary N) is 2. The van der Waals surface area contributed by atoms with Crippen molar-refractivity contribution in [3.63, 3.8) is 0 Å². The Kier molecular flexibility index (Phi) is 8.74. The summed E-state index contributed by atoms with van der Waals surface area (Å²) < 4.78 is 24.6. The van der Waals surface area contributed by atoms with E-state index in [1.807, 2.05) is 0 Å². The van der Waals surface area contributed by atoms with E-state index in [9.17, 15) is 18.4 Å². The highest BCUT2D eigenvalue weighted by Crippen LogP contribution is 2.34. The van der Waals surface area contributed by atoms with Gasteiger partial charge in [0.05, 0.1) is 0 Å². The lowest BCUT2D eigenvalue weighted by Crippen LogP contribution is -2.43. The number of carbonyl (C=O) groups is 2. The first-order chi connectivity index (χ1) is 14.8. The zero-order chi connectivity index (χ0) is 22.4. The maximum absolute atomic E-state index is 12.8. The molecule has 0 bridgehead atoms. The van der Waals surface area contributed by atoms with Gasteiger partial charge in [0.2, 0.25) is 11.8 Å². The van der Waals surface area contributed by atoms with Gasteiger partial charge in [-0.1, -0.05) is 38.7 Å². The summed E-state index contributed by atoms with van der Waals surface area (Å²) in [6, 6.07) is 0.205.